The molecule has 2 aromatic carbocycles. The molecule has 1 atom stereocenters. The number of ether oxygens (including phenoxy) is 3. The zero-order valence-corrected chi connectivity index (χ0v) is 14.3. The summed E-state index contributed by atoms with van der Waals surface area (Å²) in [5.41, 5.74) is -1.06. The minimum Gasteiger partial charge on any atom is -0.507 e. The first-order valence-electron chi connectivity index (χ1n) is 8.08. The number of aliphatic hydroxyl groups excluding tert-OH is 3. The summed E-state index contributed by atoms with van der Waals surface area (Å²) >= 11 is 0. The second-order valence-corrected chi connectivity index (χ2v) is 6.23. The van der Waals surface area contributed by atoms with Crippen molar-refractivity contribution in [2.75, 3.05) is 0 Å². The highest BCUT2D eigenvalue weighted by atomic mass is 16.6. The molecule has 0 spiro atoms. The first-order valence-corrected chi connectivity index (χ1v) is 8.08. The van der Waals surface area contributed by atoms with E-state index in [-0.39, 0.29) is 45.1 Å². The SMILES string of the molecule is Cc1cc(O)c(CO)c2c1C(=O)Oc1c(CO)c(O)c3c(c1O2)[C@@H](O)OC3=O. The third-order valence-corrected chi connectivity index (χ3v) is 4.66. The Kier molecular flexibility index (Phi) is 3.93. The molecular formula is C18H14O10. The summed E-state index contributed by atoms with van der Waals surface area (Å²) in [7, 11) is 0. The van der Waals surface area contributed by atoms with E-state index in [9.17, 15) is 35.1 Å². The van der Waals surface area contributed by atoms with Crippen LogP contribution in [0.25, 0.3) is 0 Å². The van der Waals surface area contributed by atoms with Gasteiger partial charge in [-0.25, -0.2) is 9.59 Å². The van der Waals surface area contributed by atoms with Gasteiger partial charge in [-0.1, -0.05) is 0 Å². The summed E-state index contributed by atoms with van der Waals surface area (Å²) in [5.74, 6) is -4.10. The minimum atomic E-state index is -1.83. The van der Waals surface area contributed by atoms with Gasteiger partial charge >= 0.3 is 11.9 Å². The van der Waals surface area contributed by atoms with Crippen molar-refractivity contribution in [3.05, 3.63) is 39.4 Å². The molecule has 10 heteroatoms. The molecule has 0 unspecified atom stereocenters. The highest BCUT2D eigenvalue weighted by molar-refractivity contribution is 6.02. The van der Waals surface area contributed by atoms with Crippen LogP contribution in [0.1, 0.15) is 49.3 Å². The predicted octanol–water partition coefficient (Wildman–Crippen LogP) is 0.877. The number of carbonyl (C=O) groups excluding carboxylic acids is 2. The van der Waals surface area contributed by atoms with Gasteiger partial charge in [-0.15, -0.1) is 0 Å². The molecule has 146 valence electrons. The van der Waals surface area contributed by atoms with Crippen molar-refractivity contribution >= 4 is 11.9 Å². The average molecular weight is 390 g/mol. The Labute approximate surface area is 156 Å². The summed E-state index contributed by atoms with van der Waals surface area (Å²) in [4.78, 5) is 24.7. The molecule has 0 amide bonds. The van der Waals surface area contributed by atoms with Crippen LogP contribution in [0.3, 0.4) is 0 Å². The molecule has 0 saturated heterocycles. The molecule has 4 rings (SSSR count). The fourth-order valence-electron chi connectivity index (χ4n) is 3.35. The molecule has 10 nitrogen and oxygen atoms in total. The predicted molar refractivity (Wildman–Crippen MR) is 88.2 cm³/mol. The van der Waals surface area contributed by atoms with Gasteiger partial charge in [0.15, 0.2) is 17.2 Å². The number of rotatable bonds is 2. The van der Waals surface area contributed by atoms with Crippen LogP contribution in [-0.2, 0) is 18.0 Å². The number of fused-ring (bicyclic) bond motifs is 4. The van der Waals surface area contributed by atoms with Crippen LogP contribution in [0.4, 0.5) is 0 Å². The lowest BCUT2D eigenvalue weighted by molar-refractivity contribution is -0.0555. The molecule has 28 heavy (non-hydrogen) atoms. The number of esters is 2. The van der Waals surface area contributed by atoms with E-state index in [2.05, 4.69) is 0 Å². The third kappa shape index (κ3) is 2.26. The number of carbonyl (C=O) groups is 2. The normalized spacial score (nSPS) is 17.1. The smallest absolute Gasteiger partial charge is 0.347 e. The number of aromatic hydroxyl groups is 2. The number of benzene rings is 2. The summed E-state index contributed by atoms with van der Waals surface area (Å²) in [6, 6.07) is 1.24. The molecule has 0 aromatic heterocycles. The first-order chi connectivity index (χ1) is 13.3. The van der Waals surface area contributed by atoms with Crippen LogP contribution >= 0.6 is 0 Å². The maximum atomic E-state index is 12.7. The highest BCUT2D eigenvalue weighted by Gasteiger charge is 2.43. The Balaban J connectivity index is 2.10. The lowest BCUT2D eigenvalue weighted by atomic mass is 10.0. The van der Waals surface area contributed by atoms with Crippen LogP contribution < -0.4 is 9.47 Å². The van der Waals surface area contributed by atoms with Gasteiger partial charge < -0.3 is 39.7 Å². The van der Waals surface area contributed by atoms with Gasteiger partial charge in [-0.2, -0.15) is 0 Å². The molecule has 2 aliphatic rings. The lowest BCUT2D eigenvalue weighted by Crippen LogP contribution is -2.11. The third-order valence-electron chi connectivity index (χ3n) is 4.66. The zero-order valence-electron chi connectivity index (χ0n) is 14.3. The Morgan fingerprint density at radius 3 is 2.25 bits per heavy atom. The highest BCUT2D eigenvalue weighted by Crippen LogP contribution is 2.54. The molecule has 0 aliphatic carbocycles. The van der Waals surface area contributed by atoms with E-state index in [1.54, 1.807) is 0 Å². The van der Waals surface area contributed by atoms with Gasteiger partial charge in [0.2, 0.25) is 6.29 Å². The Bertz CT molecular complexity index is 1060. The first kappa shape index (κ1) is 18.0. The fraction of sp³-hybridized carbons (Fsp3) is 0.222. The maximum absolute atomic E-state index is 12.7. The number of phenols is 2. The Morgan fingerprint density at radius 2 is 1.61 bits per heavy atom. The number of cyclic esters (lactones) is 1. The molecule has 5 N–H and O–H groups in total. The minimum absolute atomic E-state index is 0.116. The standard InChI is InChI=1S/C18H14O10/c1-5-2-8(21)6(3-19)13-9(5)16(23)27-14-7(4-20)12(22)10-11(15(14)26-13)18(25)28-17(10)24/h2,18-22,25H,3-4H2,1H3/t18-/m0/s1. The van der Waals surface area contributed by atoms with Crippen molar-refractivity contribution in [1.82, 2.24) is 0 Å². The molecule has 0 bridgehead atoms. The molecular weight excluding hydrogens is 376 g/mol. The van der Waals surface area contributed by atoms with Gasteiger partial charge in [0.25, 0.3) is 0 Å². The topological polar surface area (TPSA) is 163 Å². The molecule has 2 aliphatic heterocycles. The van der Waals surface area contributed by atoms with Gasteiger partial charge in [0.1, 0.15) is 22.6 Å². The van der Waals surface area contributed by atoms with E-state index < -0.39 is 48.5 Å². The van der Waals surface area contributed by atoms with E-state index in [4.69, 9.17) is 14.2 Å². The summed E-state index contributed by atoms with van der Waals surface area (Å²) in [6.07, 6.45) is -1.83. The number of hydrogen-bond acceptors (Lipinski definition) is 10. The van der Waals surface area contributed by atoms with E-state index in [0.29, 0.717) is 0 Å². The van der Waals surface area contributed by atoms with Crippen LogP contribution in [0.5, 0.6) is 28.7 Å². The van der Waals surface area contributed by atoms with Crippen LogP contribution in [0, 0.1) is 6.92 Å². The Morgan fingerprint density at radius 1 is 0.929 bits per heavy atom. The number of aryl methyl sites for hydroxylation is 1. The molecule has 0 fully saturated rings. The van der Waals surface area contributed by atoms with Crippen molar-refractivity contribution in [1.29, 1.82) is 0 Å². The molecule has 2 heterocycles. The van der Waals surface area contributed by atoms with E-state index >= 15 is 0 Å². The molecule has 0 saturated carbocycles. The van der Waals surface area contributed by atoms with Crippen molar-refractivity contribution in [2.45, 2.75) is 26.4 Å². The molecule has 0 radical (unpaired) electrons. The van der Waals surface area contributed by atoms with E-state index in [1.807, 2.05) is 0 Å². The quantitative estimate of drug-likeness (QED) is 0.367. The van der Waals surface area contributed by atoms with Gasteiger partial charge in [0, 0.05) is 0 Å². The number of aliphatic hydroxyl groups is 3. The van der Waals surface area contributed by atoms with Crippen molar-refractivity contribution in [3.63, 3.8) is 0 Å². The average Bonchev–Trinajstić information content (AvgIpc) is 2.83. The monoisotopic (exact) mass is 390 g/mol. The van der Waals surface area contributed by atoms with Crippen LogP contribution in [0.15, 0.2) is 6.07 Å². The van der Waals surface area contributed by atoms with Gasteiger partial charge in [-0.05, 0) is 18.6 Å². The summed E-state index contributed by atoms with van der Waals surface area (Å²) < 4.78 is 15.7. The summed E-state index contributed by atoms with van der Waals surface area (Å²) in [5, 5.41) is 49.8. The lowest BCUT2D eigenvalue weighted by Gasteiger charge is -2.17. The number of hydrogen-bond donors (Lipinski definition) is 5. The van der Waals surface area contributed by atoms with E-state index in [0.717, 1.165) is 0 Å². The van der Waals surface area contributed by atoms with Gasteiger partial charge in [0.05, 0.1) is 29.9 Å². The second-order valence-electron chi connectivity index (χ2n) is 6.23. The van der Waals surface area contributed by atoms with E-state index in [1.165, 1.54) is 13.0 Å². The molecule has 2 aromatic rings. The largest absolute Gasteiger partial charge is 0.507 e. The van der Waals surface area contributed by atoms with Crippen LogP contribution in [0.2, 0.25) is 0 Å². The van der Waals surface area contributed by atoms with Crippen molar-refractivity contribution in [2.24, 2.45) is 0 Å². The fourth-order valence-corrected chi connectivity index (χ4v) is 3.35. The van der Waals surface area contributed by atoms with Gasteiger partial charge in [-0.3, -0.25) is 0 Å². The maximum Gasteiger partial charge on any atom is 0.347 e. The Hall–Kier alpha value is -3.34. The second kappa shape index (κ2) is 6.09. The zero-order chi connectivity index (χ0) is 20.3. The van der Waals surface area contributed by atoms with Crippen molar-refractivity contribution < 1.29 is 49.3 Å². The summed E-state index contributed by atoms with van der Waals surface area (Å²) in [6.45, 7) is -0.0201. The van der Waals surface area contributed by atoms with Crippen molar-refractivity contribution in [3.8, 4) is 28.7 Å². The van der Waals surface area contributed by atoms with Crippen LogP contribution in [-0.4, -0.2) is 37.5 Å².